The molecule has 0 fully saturated rings. The van der Waals surface area contributed by atoms with Crippen LogP contribution < -0.4 is 5.32 Å². The maximum absolute atomic E-state index is 12.3. The van der Waals surface area contributed by atoms with Gasteiger partial charge in [-0.1, -0.05) is 42.5 Å². The van der Waals surface area contributed by atoms with Crippen LogP contribution in [0.25, 0.3) is 0 Å². The van der Waals surface area contributed by atoms with Gasteiger partial charge in [0.05, 0.1) is 12.0 Å². The maximum Gasteiger partial charge on any atom is 0.224 e. The summed E-state index contributed by atoms with van der Waals surface area (Å²) >= 11 is 11.8. The van der Waals surface area contributed by atoms with Crippen LogP contribution in [-0.4, -0.2) is 10.7 Å². The SMILES string of the molecule is C[C@@H](NC(=O)[C@H]1CC=C[C@H]1C(Cl)Cl)c1ccccc1. The summed E-state index contributed by atoms with van der Waals surface area (Å²) in [4.78, 5) is 11.7. The normalized spacial score (nSPS) is 23.6. The molecular formula is C15H17Cl2NO. The number of hydrogen-bond acceptors (Lipinski definition) is 1. The number of alkyl halides is 2. The van der Waals surface area contributed by atoms with Crippen LogP contribution in [0.3, 0.4) is 0 Å². The molecule has 1 aromatic rings. The van der Waals surface area contributed by atoms with E-state index in [1.165, 1.54) is 0 Å². The van der Waals surface area contributed by atoms with Crippen molar-refractivity contribution in [2.45, 2.75) is 24.2 Å². The highest BCUT2D eigenvalue weighted by atomic mass is 35.5. The molecule has 1 aromatic carbocycles. The fraction of sp³-hybridized carbons (Fsp3) is 0.400. The summed E-state index contributed by atoms with van der Waals surface area (Å²) in [5.74, 6) is -0.241. The summed E-state index contributed by atoms with van der Waals surface area (Å²) in [5, 5.41) is 3.03. The van der Waals surface area contributed by atoms with E-state index < -0.39 is 4.84 Å². The molecule has 2 rings (SSSR count). The molecule has 0 saturated carbocycles. The third kappa shape index (κ3) is 3.52. The zero-order valence-electron chi connectivity index (χ0n) is 10.7. The molecule has 1 aliphatic carbocycles. The number of carbonyl (C=O) groups excluding carboxylic acids is 1. The number of carbonyl (C=O) groups is 1. The van der Waals surface area contributed by atoms with Crippen LogP contribution in [0.5, 0.6) is 0 Å². The van der Waals surface area contributed by atoms with Crippen LogP contribution in [0.1, 0.15) is 24.9 Å². The smallest absolute Gasteiger partial charge is 0.224 e. The molecule has 0 aromatic heterocycles. The van der Waals surface area contributed by atoms with Crippen molar-refractivity contribution in [3.05, 3.63) is 48.0 Å². The maximum atomic E-state index is 12.3. The number of allylic oxidation sites excluding steroid dienone is 2. The minimum atomic E-state index is -0.540. The molecule has 1 amide bonds. The lowest BCUT2D eigenvalue weighted by Gasteiger charge is -2.22. The molecule has 1 aliphatic rings. The Labute approximate surface area is 123 Å². The quantitative estimate of drug-likeness (QED) is 0.663. The van der Waals surface area contributed by atoms with E-state index in [-0.39, 0.29) is 23.8 Å². The van der Waals surface area contributed by atoms with Gasteiger partial charge in [0.2, 0.25) is 5.91 Å². The first-order valence-electron chi connectivity index (χ1n) is 6.39. The summed E-state index contributed by atoms with van der Waals surface area (Å²) in [7, 11) is 0. The second kappa shape index (κ2) is 6.44. The molecule has 0 bridgehead atoms. The van der Waals surface area contributed by atoms with E-state index in [4.69, 9.17) is 23.2 Å². The fourth-order valence-corrected chi connectivity index (χ4v) is 2.88. The van der Waals surface area contributed by atoms with Gasteiger partial charge in [0.1, 0.15) is 4.84 Å². The van der Waals surface area contributed by atoms with E-state index in [0.717, 1.165) is 5.56 Å². The van der Waals surface area contributed by atoms with Crippen LogP contribution in [0.2, 0.25) is 0 Å². The first-order chi connectivity index (χ1) is 9.09. The molecule has 1 N–H and O–H groups in total. The summed E-state index contributed by atoms with van der Waals surface area (Å²) in [6.45, 7) is 1.98. The minimum absolute atomic E-state index is 0.0117. The first-order valence-corrected chi connectivity index (χ1v) is 7.27. The predicted octanol–water partition coefficient (Wildman–Crippen LogP) is 3.86. The molecule has 4 heteroatoms. The van der Waals surface area contributed by atoms with Crippen molar-refractivity contribution in [2.24, 2.45) is 11.8 Å². The van der Waals surface area contributed by atoms with Crippen LogP contribution in [0.4, 0.5) is 0 Å². The van der Waals surface area contributed by atoms with Gasteiger partial charge in [-0.25, -0.2) is 0 Å². The molecule has 102 valence electrons. The van der Waals surface area contributed by atoms with Crippen LogP contribution in [0.15, 0.2) is 42.5 Å². The molecule has 0 radical (unpaired) electrons. The van der Waals surface area contributed by atoms with Crippen molar-refractivity contribution >= 4 is 29.1 Å². The molecule has 0 saturated heterocycles. The number of nitrogens with one attached hydrogen (secondary N) is 1. The Bertz CT molecular complexity index is 458. The van der Waals surface area contributed by atoms with Gasteiger partial charge < -0.3 is 5.32 Å². The number of rotatable bonds is 4. The van der Waals surface area contributed by atoms with E-state index in [2.05, 4.69) is 5.32 Å². The van der Waals surface area contributed by atoms with Gasteiger partial charge in [-0.2, -0.15) is 0 Å². The molecule has 0 aliphatic heterocycles. The van der Waals surface area contributed by atoms with Crippen molar-refractivity contribution in [3.63, 3.8) is 0 Å². The standard InChI is InChI=1S/C15H17Cl2NO/c1-10(11-6-3-2-4-7-11)18-15(19)13-9-5-8-12(13)14(16)17/h2-8,10,12-14H,9H2,1H3,(H,18,19)/t10-,12-,13+/m1/s1. The third-order valence-electron chi connectivity index (χ3n) is 3.50. The highest BCUT2D eigenvalue weighted by molar-refractivity contribution is 6.44. The van der Waals surface area contributed by atoms with Crippen molar-refractivity contribution < 1.29 is 4.79 Å². The summed E-state index contributed by atoms with van der Waals surface area (Å²) in [6.07, 6.45) is 4.61. The molecule has 19 heavy (non-hydrogen) atoms. The monoisotopic (exact) mass is 297 g/mol. The van der Waals surface area contributed by atoms with Crippen molar-refractivity contribution in [1.82, 2.24) is 5.32 Å². The summed E-state index contributed by atoms with van der Waals surface area (Å²) in [6, 6.07) is 9.87. The van der Waals surface area contributed by atoms with E-state index in [1.807, 2.05) is 49.4 Å². The Morgan fingerprint density at radius 2 is 2.00 bits per heavy atom. The lowest BCUT2D eigenvalue weighted by atomic mass is 9.95. The number of hydrogen-bond donors (Lipinski definition) is 1. The zero-order valence-corrected chi connectivity index (χ0v) is 12.2. The second-order valence-electron chi connectivity index (χ2n) is 4.82. The second-order valence-corrected chi connectivity index (χ2v) is 5.99. The van der Waals surface area contributed by atoms with E-state index in [0.29, 0.717) is 6.42 Å². The average molecular weight is 298 g/mol. The lowest BCUT2D eigenvalue weighted by molar-refractivity contribution is -0.126. The van der Waals surface area contributed by atoms with Crippen molar-refractivity contribution in [1.29, 1.82) is 0 Å². The van der Waals surface area contributed by atoms with Crippen molar-refractivity contribution in [2.75, 3.05) is 0 Å². The molecule has 0 heterocycles. The molecular weight excluding hydrogens is 281 g/mol. The van der Waals surface area contributed by atoms with E-state index >= 15 is 0 Å². The molecule has 0 spiro atoms. The molecule has 2 nitrogen and oxygen atoms in total. The van der Waals surface area contributed by atoms with Gasteiger partial charge in [0, 0.05) is 5.92 Å². The van der Waals surface area contributed by atoms with Crippen LogP contribution >= 0.6 is 23.2 Å². The Morgan fingerprint density at radius 3 is 2.63 bits per heavy atom. The topological polar surface area (TPSA) is 29.1 Å². The van der Waals surface area contributed by atoms with Gasteiger partial charge in [-0.3, -0.25) is 4.79 Å². The van der Waals surface area contributed by atoms with E-state index in [9.17, 15) is 4.79 Å². The predicted molar refractivity (Wildman–Crippen MR) is 79.2 cm³/mol. The Hall–Kier alpha value is -0.990. The highest BCUT2D eigenvalue weighted by Crippen LogP contribution is 2.33. The first kappa shape index (κ1) is 14.4. The van der Waals surface area contributed by atoms with Gasteiger partial charge >= 0.3 is 0 Å². The number of benzene rings is 1. The van der Waals surface area contributed by atoms with Crippen LogP contribution in [0, 0.1) is 11.8 Å². The van der Waals surface area contributed by atoms with Gasteiger partial charge in [-0.05, 0) is 18.9 Å². The van der Waals surface area contributed by atoms with Crippen molar-refractivity contribution in [3.8, 4) is 0 Å². The van der Waals surface area contributed by atoms with E-state index in [1.54, 1.807) is 0 Å². The van der Waals surface area contributed by atoms with Crippen LogP contribution in [-0.2, 0) is 4.79 Å². The Kier molecular flexibility index (Phi) is 4.89. The average Bonchev–Trinajstić information content (AvgIpc) is 2.89. The van der Waals surface area contributed by atoms with Gasteiger partial charge in [0.25, 0.3) is 0 Å². The lowest BCUT2D eigenvalue weighted by Crippen LogP contribution is -2.36. The zero-order chi connectivity index (χ0) is 13.8. The number of amides is 1. The van der Waals surface area contributed by atoms with Gasteiger partial charge in [-0.15, -0.1) is 23.2 Å². The highest BCUT2D eigenvalue weighted by Gasteiger charge is 2.33. The summed E-state index contributed by atoms with van der Waals surface area (Å²) in [5.41, 5.74) is 1.09. The Morgan fingerprint density at radius 1 is 1.32 bits per heavy atom. The fourth-order valence-electron chi connectivity index (χ4n) is 2.36. The van der Waals surface area contributed by atoms with Gasteiger partial charge in [0.15, 0.2) is 0 Å². The molecule has 3 atom stereocenters. The Balaban J connectivity index is 1.98. The third-order valence-corrected chi connectivity index (χ3v) is 4.08. The minimum Gasteiger partial charge on any atom is -0.349 e. The summed E-state index contributed by atoms with van der Waals surface area (Å²) < 4.78 is 0. The molecule has 0 unspecified atom stereocenters. The number of halogens is 2. The largest absolute Gasteiger partial charge is 0.349 e.